The minimum absolute atomic E-state index is 0.278. The molecule has 0 atom stereocenters. The Hall–Kier alpha value is -9.16. The van der Waals surface area contributed by atoms with E-state index in [9.17, 15) is 28.8 Å². The smallest absolute Gasteiger partial charge is 0.332 e. The van der Waals surface area contributed by atoms with Crippen LogP contribution in [0, 0.1) is 0 Å². The summed E-state index contributed by atoms with van der Waals surface area (Å²) in [5, 5.41) is 4.72. The molecule has 12 rings (SSSR count). The van der Waals surface area contributed by atoms with E-state index in [0.717, 1.165) is 108 Å². The lowest BCUT2D eigenvalue weighted by atomic mass is 10.2. The summed E-state index contributed by atoms with van der Waals surface area (Å²) in [6.45, 7) is 0.771. The molecule has 0 unspecified atom stereocenters. The first-order valence-corrected chi connectivity index (χ1v) is 26.5. The maximum Gasteiger partial charge on any atom is 0.332 e. The maximum absolute atomic E-state index is 12.6. The molecule has 0 radical (unpaired) electrons. The van der Waals surface area contributed by atoms with Gasteiger partial charge in [0.2, 0.25) is 0 Å². The molecule has 0 bridgehead atoms. The predicted molar refractivity (Wildman–Crippen MR) is 308 cm³/mol. The summed E-state index contributed by atoms with van der Waals surface area (Å²) in [6, 6.07) is 40.2. The van der Waals surface area contributed by atoms with E-state index in [0.29, 0.717) is 46.2 Å². The van der Waals surface area contributed by atoms with Crippen molar-refractivity contribution < 1.29 is 13.3 Å². The van der Waals surface area contributed by atoms with Gasteiger partial charge in [0.15, 0.2) is 0 Å². The number of pyridine rings is 3. The second kappa shape index (κ2) is 25.3. The van der Waals surface area contributed by atoms with E-state index in [1.54, 1.807) is 76.1 Å². The molecule has 79 heavy (non-hydrogen) atoms. The van der Waals surface area contributed by atoms with Crippen LogP contribution in [0.25, 0.3) is 66.0 Å². The number of halogens is 1. The summed E-state index contributed by atoms with van der Waals surface area (Å²) in [4.78, 5) is 86.8. The number of fused-ring (bicyclic) bond motifs is 6. The van der Waals surface area contributed by atoms with Crippen LogP contribution in [-0.2, 0) is 53.5 Å². The van der Waals surface area contributed by atoms with E-state index in [4.69, 9.17) is 24.9 Å². The van der Waals surface area contributed by atoms with Crippen LogP contribution in [-0.4, -0.2) is 48.7 Å². The highest BCUT2D eigenvalue weighted by atomic mass is 35.5. The molecule has 0 aliphatic heterocycles. The lowest BCUT2D eigenvalue weighted by Crippen LogP contribution is -2.39. The van der Waals surface area contributed by atoms with Crippen molar-refractivity contribution in [2.45, 2.75) is 70.9 Å². The molecule has 0 aliphatic rings. The lowest BCUT2D eigenvalue weighted by Gasteiger charge is -2.09. The van der Waals surface area contributed by atoms with Crippen LogP contribution in [0.15, 0.2) is 188 Å². The van der Waals surface area contributed by atoms with Crippen LogP contribution in [0.4, 0.5) is 0 Å². The molecule has 3 aromatic carbocycles. The lowest BCUT2D eigenvalue weighted by molar-refractivity contribution is 0.507. The number of aromatic amines is 1. The summed E-state index contributed by atoms with van der Waals surface area (Å²) in [7, 11) is 4.84. The fraction of sp³-hybridized carbons (Fsp3) is 0.250. The average molecular weight is 1080 g/mol. The predicted octanol–water partition coefficient (Wildman–Crippen LogP) is 9.34. The molecule has 0 fully saturated rings. The Morgan fingerprint density at radius 3 is 1.20 bits per heavy atom. The van der Waals surface area contributed by atoms with Gasteiger partial charge in [-0.3, -0.25) is 42.2 Å². The second-order valence-electron chi connectivity index (χ2n) is 18.9. The van der Waals surface area contributed by atoms with Crippen LogP contribution < -0.4 is 33.7 Å². The third-order valence-electron chi connectivity index (χ3n) is 13.4. The molecular weight excluding hydrogens is 1030 g/mol. The molecule has 0 saturated carbocycles. The van der Waals surface area contributed by atoms with Gasteiger partial charge in [-0.05, 0) is 111 Å². The zero-order chi connectivity index (χ0) is 55.4. The van der Waals surface area contributed by atoms with Gasteiger partial charge in [0, 0.05) is 94.1 Å². The Balaban J connectivity index is 0.000000134. The monoisotopic (exact) mass is 1080 g/mol. The van der Waals surface area contributed by atoms with Crippen LogP contribution in [0.2, 0.25) is 0 Å². The molecule has 9 heterocycles. The zero-order valence-electron chi connectivity index (χ0n) is 44.0. The Labute approximate surface area is 455 Å². The topological polar surface area (TPSA) is 221 Å². The molecule has 19 heteroatoms. The number of alkyl halides is 1. The van der Waals surface area contributed by atoms with Gasteiger partial charge >= 0.3 is 17.1 Å². The SMILES string of the molecule is ClCCCCc1cc2ccccc2o1.Cn1c(=O)[nH]c(=O)c2cccnc21.Cn1c(=O)n(CCCCc2cc3ccccc3o2)c(=O)c2cccnc21.Cn1c(=O)n(CCCCc2cc3ccccc3o2)c(=O)c2cccnc21. The molecule has 18 nitrogen and oxygen atoms in total. The van der Waals surface area contributed by atoms with Gasteiger partial charge in [-0.1, -0.05) is 54.6 Å². The van der Waals surface area contributed by atoms with Crippen molar-refractivity contribution >= 4 is 77.6 Å². The van der Waals surface area contributed by atoms with Crippen molar-refractivity contribution in [2.75, 3.05) is 5.88 Å². The number of hydrogen-bond acceptors (Lipinski definition) is 12. The Kier molecular flexibility index (Phi) is 17.5. The molecule has 12 aromatic rings. The van der Waals surface area contributed by atoms with E-state index in [1.807, 2.05) is 78.9 Å². The number of nitrogens with one attached hydrogen (secondary N) is 1. The number of hydrogen-bond donors (Lipinski definition) is 1. The van der Waals surface area contributed by atoms with Crippen LogP contribution in [0.5, 0.6) is 0 Å². The average Bonchev–Trinajstić information content (AvgIpc) is 4.34. The van der Waals surface area contributed by atoms with Gasteiger partial charge in [0.05, 0.1) is 16.2 Å². The summed E-state index contributed by atoms with van der Waals surface area (Å²) in [5.74, 6) is 3.65. The summed E-state index contributed by atoms with van der Waals surface area (Å²) >= 11 is 5.62. The van der Waals surface area contributed by atoms with Gasteiger partial charge in [-0.25, -0.2) is 29.3 Å². The number of aromatic nitrogens is 9. The van der Waals surface area contributed by atoms with E-state index in [2.05, 4.69) is 32.1 Å². The highest BCUT2D eigenvalue weighted by Crippen LogP contribution is 2.23. The fourth-order valence-electron chi connectivity index (χ4n) is 9.26. The van der Waals surface area contributed by atoms with Gasteiger partial charge in [0.1, 0.15) is 51.0 Å². The van der Waals surface area contributed by atoms with Gasteiger partial charge in [0.25, 0.3) is 16.7 Å². The number of nitrogens with zero attached hydrogens (tertiary/aromatic N) is 8. The minimum atomic E-state index is -0.448. The highest BCUT2D eigenvalue weighted by molar-refractivity contribution is 6.17. The Morgan fingerprint density at radius 2 is 0.810 bits per heavy atom. The molecule has 404 valence electrons. The highest BCUT2D eigenvalue weighted by Gasteiger charge is 2.14. The summed E-state index contributed by atoms with van der Waals surface area (Å²) < 4.78 is 24.0. The largest absolute Gasteiger partial charge is 0.461 e. The number of aryl methyl sites for hydroxylation is 6. The molecule has 9 aromatic heterocycles. The number of unbranched alkanes of at least 4 members (excludes halogenated alkanes) is 3. The van der Waals surface area contributed by atoms with E-state index >= 15 is 0 Å². The summed E-state index contributed by atoms with van der Waals surface area (Å²) in [5.41, 5.74) is 1.92. The van der Waals surface area contributed by atoms with Gasteiger partial charge in [-0.15, -0.1) is 11.6 Å². The van der Waals surface area contributed by atoms with Crippen LogP contribution in [0.1, 0.15) is 55.8 Å². The van der Waals surface area contributed by atoms with Crippen molar-refractivity contribution in [3.05, 3.63) is 226 Å². The van der Waals surface area contributed by atoms with Crippen molar-refractivity contribution in [3.8, 4) is 0 Å². The molecule has 0 aliphatic carbocycles. The van der Waals surface area contributed by atoms with Crippen molar-refractivity contribution in [1.82, 2.24) is 42.8 Å². The maximum atomic E-state index is 12.6. The number of para-hydroxylation sites is 3. The first kappa shape index (κ1) is 54.6. The van der Waals surface area contributed by atoms with E-state index in [-0.39, 0.29) is 22.5 Å². The molecule has 1 N–H and O–H groups in total. The minimum Gasteiger partial charge on any atom is -0.461 e. The van der Waals surface area contributed by atoms with Gasteiger partial charge < -0.3 is 13.3 Å². The Bertz CT molecular complexity index is 4170. The van der Waals surface area contributed by atoms with Crippen LogP contribution in [0.3, 0.4) is 0 Å². The third kappa shape index (κ3) is 12.7. The molecule has 0 amide bonds. The van der Waals surface area contributed by atoms with Crippen molar-refractivity contribution in [3.63, 3.8) is 0 Å². The zero-order valence-corrected chi connectivity index (χ0v) is 44.7. The van der Waals surface area contributed by atoms with Gasteiger partial charge in [-0.2, -0.15) is 0 Å². The molecule has 0 saturated heterocycles. The quantitative estimate of drug-likeness (QED) is 0.0795. The number of rotatable bonds is 14. The third-order valence-corrected chi connectivity index (χ3v) is 13.7. The molecule has 0 spiro atoms. The van der Waals surface area contributed by atoms with Crippen LogP contribution >= 0.6 is 11.6 Å². The first-order chi connectivity index (χ1) is 38.4. The molecular formula is C60H58ClN9O9. The normalized spacial score (nSPS) is 11.2. The number of furan rings is 3. The van der Waals surface area contributed by atoms with E-state index in [1.165, 1.54) is 28.2 Å². The number of H-pyrrole nitrogens is 1. The number of benzene rings is 3. The fourth-order valence-corrected chi connectivity index (χ4v) is 9.45. The Morgan fingerprint density at radius 1 is 0.443 bits per heavy atom. The van der Waals surface area contributed by atoms with Crippen molar-refractivity contribution in [1.29, 1.82) is 0 Å². The second-order valence-corrected chi connectivity index (χ2v) is 19.2. The van der Waals surface area contributed by atoms with E-state index < -0.39 is 11.2 Å². The van der Waals surface area contributed by atoms with Crippen molar-refractivity contribution in [2.24, 2.45) is 21.1 Å². The summed E-state index contributed by atoms with van der Waals surface area (Å²) in [6.07, 6.45) is 12.5. The standard InChI is InChI=1S/2C20H19N3O3.C12H13ClO.C8H7N3O2/c2*1-22-18-16(9-6-11-21-18)19(24)23(20(22)25)12-5-4-8-15-13-14-7-2-3-10-17(14)26-15;13-8-4-3-6-11-9-10-5-1-2-7-12(10)14-11;1-11-6-5(3-2-4-9-6)7(12)10-8(11)13/h2*2-3,6-7,9-11,13H,4-5,8,12H2,1H3;1-2,5,7,9H,3-4,6,8H2;2-4H,1H3,(H,10,12,13). The first-order valence-electron chi connectivity index (χ1n) is 26.0.